The lowest BCUT2D eigenvalue weighted by Crippen LogP contribution is -2.03. The van der Waals surface area contributed by atoms with E-state index in [4.69, 9.17) is 11.6 Å². The van der Waals surface area contributed by atoms with Crippen molar-refractivity contribution in [2.24, 2.45) is 4.99 Å². The van der Waals surface area contributed by atoms with E-state index in [0.29, 0.717) is 16.4 Å². The minimum absolute atomic E-state index is 0.0545. The molecule has 0 amide bonds. The number of benzene rings is 1. The predicted molar refractivity (Wildman–Crippen MR) is 77.6 cm³/mol. The zero-order valence-electron chi connectivity index (χ0n) is 10.7. The molecule has 0 atom stereocenters. The lowest BCUT2D eigenvalue weighted by atomic mass is 10.2. The lowest BCUT2D eigenvalue weighted by Gasteiger charge is -2.02. The first kappa shape index (κ1) is 13.4. The molecule has 4 heteroatoms. The van der Waals surface area contributed by atoms with E-state index >= 15 is 0 Å². The predicted octanol–water partition coefficient (Wildman–Crippen LogP) is 4.08. The summed E-state index contributed by atoms with van der Waals surface area (Å²) >= 11 is 5.82. The second-order valence-corrected chi connectivity index (χ2v) is 4.57. The molecule has 0 unspecified atom stereocenters. The van der Waals surface area contributed by atoms with Gasteiger partial charge in [0.2, 0.25) is 0 Å². The fourth-order valence-electron chi connectivity index (χ4n) is 1.60. The normalized spacial score (nSPS) is 11.4. The Bertz CT molecular complexity index is 633. The van der Waals surface area contributed by atoms with Crippen molar-refractivity contribution in [2.75, 3.05) is 0 Å². The first-order chi connectivity index (χ1) is 9.06. The quantitative estimate of drug-likeness (QED) is 0.624. The van der Waals surface area contributed by atoms with Gasteiger partial charge in [-0.2, -0.15) is 0 Å². The van der Waals surface area contributed by atoms with Gasteiger partial charge in [0.15, 0.2) is 5.78 Å². The molecule has 1 aromatic carbocycles. The van der Waals surface area contributed by atoms with Gasteiger partial charge in [-0.3, -0.25) is 9.79 Å². The highest BCUT2D eigenvalue weighted by molar-refractivity contribution is 6.30. The van der Waals surface area contributed by atoms with Crippen LogP contribution in [0.15, 0.2) is 47.5 Å². The maximum Gasteiger partial charge on any atom is 0.178 e. The highest BCUT2D eigenvalue weighted by Gasteiger charge is 2.04. The number of aliphatic imine (C=N–C) groups is 1. The highest BCUT2D eigenvalue weighted by Crippen LogP contribution is 2.17. The molecular formula is C15H13ClN2O. The molecule has 0 spiro atoms. The summed E-state index contributed by atoms with van der Waals surface area (Å²) in [4.78, 5) is 20.0. The first-order valence-corrected chi connectivity index (χ1v) is 6.23. The van der Waals surface area contributed by atoms with Crippen LogP contribution in [0.25, 0.3) is 0 Å². The molecule has 1 aromatic heterocycles. The number of nitrogens with zero attached hydrogens (tertiary/aromatic N) is 2. The summed E-state index contributed by atoms with van der Waals surface area (Å²) in [5.74, 6) is -0.0545. The van der Waals surface area contributed by atoms with Crippen LogP contribution >= 0.6 is 11.6 Å². The minimum atomic E-state index is -0.0545. The van der Waals surface area contributed by atoms with Gasteiger partial charge in [0.1, 0.15) is 5.69 Å². The van der Waals surface area contributed by atoms with Gasteiger partial charge >= 0.3 is 0 Å². The summed E-state index contributed by atoms with van der Waals surface area (Å²) in [5, 5.41) is 0.674. The summed E-state index contributed by atoms with van der Waals surface area (Å²) in [6.07, 6.45) is 0. The summed E-state index contributed by atoms with van der Waals surface area (Å²) < 4.78 is 0. The SMILES string of the molecule is CC(=O)c1cccc(/C(C)=N/c2ccc(Cl)cc2)n1. The summed E-state index contributed by atoms with van der Waals surface area (Å²) in [6.45, 7) is 3.36. The Morgan fingerprint density at radius 3 is 2.32 bits per heavy atom. The number of aromatic nitrogens is 1. The van der Waals surface area contributed by atoms with E-state index in [1.807, 2.05) is 25.1 Å². The van der Waals surface area contributed by atoms with E-state index < -0.39 is 0 Å². The molecule has 19 heavy (non-hydrogen) atoms. The van der Waals surface area contributed by atoms with Crippen LogP contribution in [0, 0.1) is 0 Å². The van der Waals surface area contributed by atoms with Crippen LogP contribution in [-0.2, 0) is 0 Å². The topological polar surface area (TPSA) is 42.3 Å². The Kier molecular flexibility index (Phi) is 4.07. The standard InChI is InChI=1S/C15H13ClN2O/c1-10(17-13-8-6-12(16)7-9-13)14-4-3-5-15(18-14)11(2)19/h3-9H,1-2H3/b17-10+. The van der Waals surface area contributed by atoms with E-state index in [2.05, 4.69) is 9.98 Å². The average Bonchev–Trinajstić information content (AvgIpc) is 2.41. The van der Waals surface area contributed by atoms with Crippen molar-refractivity contribution >= 4 is 28.8 Å². The molecule has 1 heterocycles. The minimum Gasteiger partial charge on any atom is -0.293 e. The third-order valence-corrected chi connectivity index (χ3v) is 2.86. The van der Waals surface area contributed by atoms with E-state index in [9.17, 15) is 4.79 Å². The van der Waals surface area contributed by atoms with Crippen molar-refractivity contribution in [1.29, 1.82) is 0 Å². The van der Waals surface area contributed by atoms with E-state index in [1.54, 1.807) is 24.3 Å². The Labute approximate surface area is 117 Å². The summed E-state index contributed by atoms with van der Waals surface area (Å²) in [5.41, 5.74) is 2.70. The van der Waals surface area contributed by atoms with Crippen molar-refractivity contribution in [3.8, 4) is 0 Å². The maximum absolute atomic E-state index is 11.3. The number of ketones is 1. The molecule has 3 nitrogen and oxygen atoms in total. The van der Waals surface area contributed by atoms with Crippen molar-refractivity contribution in [3.05, 3.63) is 58.9 Å². The molecule has 0 aliphatic heterocycles. The largest absolute Gasteiger partial charge is 0.293 e. The van der Waals surface area contributed by atoms with Crippen LogP contribution in [0.3, 0.4) is 0 Å². The Morgan fingerprint density at radius 2 is 1.68 bits per heavy atom. The van der Waals surface area contributed by atoms with Gasteiger partial charge in [0.25, 0.3) is 0 Å². The van der Waals surface area contributed by atoms with Gasteiger partial charge in [-0.05, 0) is 43.3 Å². The third kappa shape index (κ3) is 3.48. The fourth-order valence-corrected chi connectivity index (χ4v) is 1.72. The molecule has 2 rings (SSSR count). The van der Waals surface area contributed by atoms with Crippen molar-refractivity contribution in [3.63, 3.8) is 0 Å². The number of hydrogen-bond acceptors (Lipinski definition) is 3. The van der Waals surface area contributed by atoms with Crippen molar-refractivity contribution in [1.82, 2.24) is 4.98 Å². The number of pyridine rings is 1. The monoisotopic (exact) mass is 272 g/mol. The maximum atomic E-state index is 11.3. The number of halogens is 1. The summed E-state index contributed by atoms with van der Waals surface area (Å²) in [7, 11) is 0. The lowest BCUT2D eigenvalue weighted by molar-refractivity contribution is 0.101. The van der Waals surface area contributed by atoms with Gasteiger partial charge < -0.3 is 0 Å². The van der Waals surface area contributed by atoms with Gasteiger partial charge in [-0.25, -0.2) is 4.98 Å². The highest BCUT2D eigenvalue weighted by atomic mass is 35.5. The van der Waals surface area contributed by atoms with Crippen LogP contribution < -0.4 is 0 Å². The second kappa shape index (κ2) is 5.76. The first-order valence-electron chi connectivity index (χ1n) is 5.85. The van der Waals surface area contributed by atoms with Gasteiger partial charge in [0, 0.05) is 11.9 Å². The second-order valence-electron chi connectivity index (χ2n) is 4.14. The number of rotatable bonds is 3. The number of hydrogen-bond donors (Lipinski definition) is 0. The van der Waals surface area contributed by atoms with Crippen LogP contribution in [0.4, 0.5) is 5.69 Å². The smallest absolute Gasteiger partial charge is 0.178 e. The summed E-state index contributed by atoms with van der Waals surface area (Å²) in [6, 6.07) is 12.6. The molecule has 0 bridgehead atoms. The molecule has 0 N–H and O–H groups in total. The van der Waals surface area contributed by atoms with E-state index in [1.165, 1.54) is 6.92 Å². The molecular weight excluding hydrogens is 260 g/mol. The third-order valence-electron chi connectivity index (χ3n) is 2.60. The van der Waals surface area contributed by atoms with Gasteiger partial charge in [-0.15, -0.1) is 0 Å². The Morgan fingerprint density at radius 1 is 1.05 bits per heavy atom. The average molecular weight is 273 g/mol. The van der Waals surface area contributed by atoms with Crippen LogP contribution in [0.5, 0.6) is 0 Å². The van der Waals surface area contributed by atoms with E-state index in [0.717, 1.165) is 11.4 Å². The molecule has 0 radical (unpaired) electrons. The van der Waals surface area contributed by atoms with Crippen LogP contribution in [0.2, 0.25) is 5.02 Å². The van der Waals surface area contributed by atoms with Crippen LogP contribution in [0.1, 0.15) is 30.0 Å². The number of carbonyl (C=O) groups is 1. The van der Waals surface area contributed by atoms with E-state index in [-0.39, 0.29) is 5.78 Å². The molecule has 0 aliphatic carbocycles. The Hall–Kier alpha value is -2.00. The number of carbonyl (C=O) groups excluding carboxylic acids is 1. The zero-order chi connectivity index (χ0) is 13.8. The molecule has 0 saturated carbocycles. The van der Waals surface area contributed by atoms with Crippen LogP contribution in [-0.4, -0.2) is 16.5 Å². The van der Waals surface area contributed by atoms with Gasteiger partial charge in [0.05, 0.1) is 17.1 Å². The van der Waals surface area contributed by atoms with Crippen molar-refractivity contribution < 1.29 is 4.79 Å². The molecule has 0 fully saturated rings. The Balaban J connectivity index is 2.33. The molecule has 96 valence electrons. The fraction of sp³-hybridized carbons (Fsp3) is 0.133. The van der Waals surface area contributed by atoms with Crippen molar-refractivity contribution in [2.45, 2.75) is 13.8 Å². The molecule has 2 aromatic rings. The van der Waals surface area contributed by atoms with Gasteiger partial charge in [-0.1, -0.05) is 17.7 Å². The zero-order valence-corrected chi connectivity index (χ0v) is 11.5. The molecule has 0 saturated heterocycles. The number of Topliss-reactive ketones (excluding diaryl/α,β-unsaturated/α-hetero) is 1. The molecule has 0 aliphatic rings.